The Bertz CT molecular complexity index is 506. The largest absolute Gasteiger partial charge is 0.381 e. The lowest BCUT2D eigenvalue weighted by Gasteiger charge is -2.09. The van der Waals surface area contributed by atoms with Crippen molar-refractivity contribution in [2.75, 3.05) is 33.9 Å². The summed E-state index contributed by atoms with van der Waals surface area (Å²) in [5, 5.41) is 3.51. The minimum atomic E-state index is 0.837. The summed E-state index contributed by atoms with van der Waals surface area (Å²) in [5.74, 6) is 0. The maximum absolute atomic E-state index is 5.73. The fourth-order valence-corrected chi connectivity index (χ4v) is 3.04. The lowest BCUT2D eigenvalue weighted by Crippen LogP contribution is -2.12. The van der Waals surface area contributed by atoms with Gasteiger partial charge in [0.1, 0.15) is 0 Å². The number of rotatable bonds is 9. The molecule has 1 aromatic heterocycles. The number of fused-ring (bicyclic) bond motifs is 1. The summed E-state index contributed by atoms with van der Waals surface area (Å²) in [7, 11) is 4.25. The molecular formula is C17H25NOS. The van der Waals surface area contributed by atoms with Crippen molar-refractivity contribution in [3.63, 3.8) is 0 Å². The van der Waals surface area contributed by atoms with Crippen LogP contribution in [0.3, 0.4) is 0 Å². The third-order valence-electron chi connectivity index (χ3n) is 3.45. The van der Waals surface area contributed by atoms with E-state index in [1.807, 2.05) is 0 Å². The van der Waals surface area contributed by atoms with Crippen molar-refractivity contribution in [2.45, 2.75) is 25.7 Å². The van der Waals surface area contributed by atoms with Crippen LogP contribution in [0.5, 0.6) is 0 Å². The van der Waals surface area contributed by atoms with Crippen LogP contribution < -0.4 is 0 Å². The molecule has 3 heteroatoms. The Morgan fingerprint density at radius 2 is 1.95 bits per heavy atom. The summed E-state index contributed by atoms with van der Waals surface area (Å²) in [6.07, 6.45) is 4.73. The number of hydrogen-bond acceptors (Lipinski definition) is 3. The number of hydrogen-bond donors (Lipinski definition) is 0. The third-order valence-corrected chi connectivity index (χ3v) is 4.34. The Morgan fingerprint density at radius 1 is 1.05 bits per heavy atom. The number of ether oxygens (including phenoxy) is 1. The fraction of sp³-hybridized carbons (Fsp3) is 0.529. The molecule has 110 valence electrons. The second-order valence-electron chi connectivity index (χ2n) is 5.52. The Morgan fingerprint density at radius 3 is 2.80 bits per heavy atom. The highest BCUT2D eigenvalue weighted by atomic mass is 32.1. The second-order valence-corrected chi connectivity index (χ2v) is 6.47. The topological polar surface area (TPSA) is 12.5 Å². The van der Waals surface area contributed by atoms with Gasteiger partial charge in [0.05, 0.1) is 6.61 Å². The molecule has 2 aromatic rings. The molecule has 0 aliphatic rings. The monoisotopic (exact) mass is 291 g/mol. The van der Waals surface area contributed by atoms with Gasteiger partial charge in [0.15, 0.2) is 0 Å². The van der Waals surface area contributed by atoms with Crippen molar-refractivity contribution < 1.29 is 4.74 Å². The van der Waals surface area contributed by atoms with Gasteiger partial charge in [-0.15, -0.1) is 11.3 Å². The van der Waals surface area contributed by atoms with E-state index < -0.39 is 0 Å². The molecule has 0 saturated heterocycles. The highest BCUT2D eigenvalue weighted by Crippen LogP contribution is 2.21. The molecule has 0 amide bonds. The van der Waals surface area contributed by atoms with Crippen LogP contribution in [0.2, 0.25) is 0 Å². The normalized spacial score (nSPS) is 11.6. The Balaban J connectivity index is 1.56. The van der Waals surface area contributed by atoms with Gasteiger partial charge in [-0.25, -0.2) is 0 Å². The number of unbranched alkanes of at least 4 members (excludes halogenated alkanes) is 2. The van der Waals surface area contributed by atoms with Gasteiger partial charge in [-0.1, -0.05) is 12.1 Å². The van der Waals surface area contributed by atoms with Crippen LogP contribution in [0.25, 0.3) is 10.1 Å². The predicted octanol–water partition coefficient (Wildman–Crippen LogP) is 4.19. The lowest BCUT2D eigenvalue weighted by molar-refractivity contribution is 0.132. The summed E-state index contributed by atoms with van der Waals surface area (Å²) in [4.78, 5) is 2.24. The van der Waals surface area contributed by atoms with E-state index in [1.54, 1.807) is 11.3 Å². The van der Waals surface area contributed by atoms with Crippen LogP contribution in [0, 0.1) is 0 Å². The first kappa shape index (κ1) is 15.5. The molecular weight excluding hydrogens is 266 g/mol. The van der Waals surface area contributed by atoms with E-state index in [4.69, 9.17) is 4.74 Å². The van der Waals surface area contributed by atoms with Crippen LogP contribution in [0.1, 0.15) is 24.8 Å². The number of benzene rings is 1. The molecule has 0 aliphatic carbocycles. The summed E-state index contributed by atoms with van der Waals surface area (Å²) >= 11 is 1.80. The van der Waals surface area contributed by atoms with E-state index in [9.17, 15) is 0 Å². The Kier molecular flexibility index (Phi) is 6.51. The molecule has 0 saturated carbocycles. The second kappa shape index (κ2) is 8.40. The molecule has 0 aliphatic heterocycles. The molecule has 1 heterocycles. The standard InChI is InChI=1S/C17H25NOS/c1-18(2)10-4-3-5-11-19-12-8-15-6-7-17-16(14-15)9-13-20-17/h6-7,9,13-14H,3-5,8,10-12H2,1-2H3. The van der Waals surface area contributed by atoms with E-state index in [0.29, 0.717) is 0 Å². The molecule has 0 fully saturated rings. The minimum Gasteiger partial charge on any atom is -0.381 e. The maximum Gasteiger partial charge on any atom is 0.0506 e. The Hall–Kier alpha value is -0.900. The Labute approximate surface area is 126 Å². The summed E-state index contributed by atoms with van der Waals surface area (Å²) in [6, 6.07) is 8.91. The van der Waals surface area contributed by atoms with Gasteiger partial charge in [-0.3, -0.25) is 0 Å². The van der Waals surface area contributed by atoms with Crippen LogP contribution in [0.4, 0.5) is 0 Å². The minimum absolute atomic E-state index is 0.837. The average Bonchev–Trinajstić information content (AvgIpc) is 2.89. The smallest absolute Gasteiger partial charge is 0.0506 e. The molecule has 1 aromatic carbocycles. The van der Waals surface area contributed by atoms with E-state index in [1.165, 1.54) is 41.5 Å². The van der Waals surface area contributed by atoms with E-state index >= 15 is 0 Å². The van der Waals surface area contributed by atoms with Crippen molar-refractivity contribution in [3.8, 4) is 0 Å². The predicted molar refractivity (Wildman–Crippen MR) is 88.8 cm³/mol. The first-order valence-corrected chi connectivity index (χ1v) is 8.32. The van der Waals surface area contributed by atoms with Gasteiger partial charge >= 0.3 is 0 Å². The van der Waals surface area contributed by atoms with E-state index in [0.717, 1.165) is 19.6 Å². The number of thiophene rings is 1. The van der Waals surface area contributed by atoms with Crippen LogP contribution in [0.15, 0.2) is 29.6 Å². The van der Waals surface area contributed by atoms with Crippen molar-refractivity contribution in [2.24, 2.45) is 0 Å². The van der Waals surface area contributed by atoms with Crippen LogP contribution in [-0.4, -0.2) is 38.8 Å². The molecule has 20 heavy (non-hydrogen) atoms. The van der Waals surface area contributed by atoms with Crippen LogP contribution >= 0.6 is 11.3 Å². The molecule has 0 spiro atoms. The molecule has 0 radical (unpaired) electrons. The molecule has 2 rings (SSSR count). The van der Waals surface area contributed by atoms with E-state index in [-0.39, 0.29) is 0 Å². The van der Waals surface area contributed by atoms with Crippen LogP contribution in [-0.2, 0) is 11.2 Å². The summed E-state index contributed by atoms with van der Waals surface area (Å²) in [5.41, 5.74) is 1.38. The van der Waals surface area contributed by atoms with Gasteiger partial charge < -0.3 is 9.64 Å². The van der Waals surface area contributed by atoms with Crippen molar-refractivity contribution >= 4 is 21.4 Å². The highest BCUT2D eigenvalue weighted by Gasteiger charge is 1.98. The average molecular weight is 291 g/mol. The zero-order valence-electron chi connectivity index (χ0n) is 12.6. The molecule has 0 unspecified atom stereocenters. The first-order valence-electron chi connectivity index (χ1n) is 7.44. The third kappa shape index (κ3) is 5.23. The van der Waals surface area contributed by atoms with Gasteiger partial charge in [-0.2, -0.15) is 0 Å². The summed E-state index contributed by atoms with van der Waals surface area (Å²) < 4.78 is 7.10. The van der Waals surface area contributed by atoms with Gasteiger partial charge in [0.25, 0.3) is 0 Å². The van der Waals surface area contributed by atoms with Gasteiger partial charge in [0, 0.05) is 11.3 Å². The molecule has 0 N–H and O–H groups in total. The first-order chi connectivity index (χ1) is 9.75. The molecule has 2 nitrogen and oxygen atoms in total. The maximum atomic E-state index is 5.73. The molecule has 0 atom stereocenters. The molecule has 0 bridgehead atoms. The van der Waals surface area contributed by atoms with Crippen molar-refractivity contribution in [1.29, 1.82) is 0 Å². The van der Waals surface area contributed by atoms with Crippen molar-refractivity contribution in [3.05, 3.63) is 35.2 Å². The van der Waals surface area contributed by atoms with Gasteiger partial charge in [0.2, 0.25) is 0 Å². The van der Waals surface area contributed by atoms with Crippen molar-refractivity contribution in [1.82, 2.24) is 4.90 Å². The van der Waals surface area contributed by atoms with E-state index in [2.05, 4.69) is 48.6 Å². The zero-order chi connectivity index (χ0) is 14.2. The summed E-state index contributed by atoms with van der Waals surface area (Å²) in [6.45, 7) is 2.91. The fourth-order valence-electron chi connectivity index (χ4n) is 2.27. The zero-order valence-corrected chi connectivity index (χ0v) is 13.4. The van der Waals surface area contributed by atoms with Gasteiger partial charge in [-0.05, 0) is 74.8 Å². The quantitative estimate of drug-likeness (QED) is 0.642. The highest BCUT2D eigenvalue weighted by molar-refractivity contribution is 7.17. The SMILES string of the molecule is CN(C)CCCCCOCCc1ccc2sccc2c1. The number of nitrogens with zero attached hydrogens (tertiary/aromatic N) is 1. The lowest BCUT2D eigenvalue weighted by atomic mass is 10.1.